The van der Waals surface area contributed by atoms with Crippen LogP contribution in [0.3, 0.4) is 0 Å². The van der Waals surface area contributed by atoms with Crippen LogP contribution in [0.25, 0.3) is 0 Å². The SMILES string of the molecule is CCC(Br)CCCCCCCBr.CCC(I)CCCCCCCI.CCCCCCCC(Cl)CC.CCCCCCCCC(C)Cl.CCCCCCCCCCCl. The highest BCUT2D eigenvalue weighted by Crippen LogP contribution is 2.17. The summed E-state index contributed by atoms with van der Waals surface area (Å²) in [6.07, 6.45) is 49.1. The summed E-state index contributed by atoms with van der Waals surface area (Å²) in [5, 5.41) is 1.97. The van der Waals surface area contributed by atoms with Crippen LogP contribution >= 0.6 is 112 Å². The van der Waals surface area contributed by atoms with Crippen LogP contribution in [0, 0.1) is 0 Å². The number of alkyl halides is 7. The molecule has 0 aliphatic rings. The van der Waals surface area contributed by atoms with E-state index in [-0.39, 0.29) is 0 Å². The van der Waals surface area contributed by atoms with E-state index in [1.807, 2.05) is 0 Å². The molecule has 352 valence electrons. The molecule has 0 fully saturated rings. The summed E-state index contributed by atoms with van der Waals surface area (Å²) >= 11 is 29.5. The van der Waals surface area contributed by atoms with Gasteiger partial charge in [0.15, 0.2) is 0 Å². The second kappa shape index (κ2) is 68.3. The van der Waals surface area contributed by atoms with Crippen molar-refractivity contribution in [2.24, 2.45) is 0 Å². The van der Waals surface area contributed by atoms with Gasteiger partial charge in [0.2, 0.25) is 0 Å². The third-order valence-corrected chi connectivity index (χ3v) is 15.1. The van der Waals surface area contributed by atoms with E-state index in [9.17, 15) is 0 Å². The Balaban J connectivity index is -0.000000198. The van der Waals surface area contributed by atoms with Crippen molar-refractivity contribution < 1.29 is 0 Å². The largest absolute Gasteiger partial charge is 0.127 e. The highest BCUT2D eigenvalue weighted by molar-refractivity contribution is 14.1. The Kier molecular flexibility index (Phi) is 83.1. The average Bonchev–Trinajstić information content (AvgIpc) is 3.22. The maximum Gasteiger partial charge on any atom is 0.0333 e. The van der Waals surface area contributed by atoms with Gasteiger partial charge in [-0.1, -0.05) is 286 Å². The lowest BCUT2D eigenvalue weighted by Crippen LogP contribution is -1.94. The van der Waals surface area contributed by atoms with Crippen LogP contribution in [0.15, 0.2) is 0 Å². The van der Waals surface area contributed by atoms with E-state index in [0.29, 0.717) is 10.8 Å². The maximum absolute atomic E-state index is 5.98. The fourth-order valence-corrected chi connectivity index (χ4v) is 8.19. The number of halogens is 7. The Morgan fingerprint density at radius 3 is 1.18 bits per heavy atom. The molecule has 0 radical (unpaired) electrons. The molecule has 4 unspecified atom stereocenters. The lowest BCUT2D eigenvalue weighted by atomic mass is 10.1. The number of unbranched alkanes of at least 4 members (excludes halogenated alkanes) is 24. The van der Waals surface area contributed by atoms with Gasteiger partial charge in [0, 0.05) is 30.7 Å². The first-order valence-electron chi connectivity index (χ1n) is 24.9. The molecule has 0 saturated heterocycles. The van der Waals surface area contributed by atoms with Crippen molar-refractivity contribution in [3.63, 3.8) is 0 Å². The van der Waals surface area contributed by atoms with Crippen LogP contribution < -0.4 is 0 Å². The summed E-state index contributed by atoms with van der Waals surface area (Å²) in [5.74, 6) is 0.842. The predicted molar refractivity (Wildman–Crippen MR) is 299 cm³/mol. The standard InChI is InChI=1S/C10H20Br2.3C10H21Cl.C10H20I2/c1-2-10(12)8-6-4-3-5-7-9-11;1-3-4-5-6-7-8-9-10(2)11;1-3-5-6-7-8-9-10(11)4-2;1-2-3-4-5-6-7-8-9-10-11;1-2-10(12)8-6-4-3-5-7-9-11/h10H,2-9H2,1H3;2*10H,3-9H2,1-2H3;2-10H2,1H3;10H,2-9H2,1H3. The zero-order valence-electron chi connectivity index (χ0n) is 39.5. The van der Waals surface area contributed by atoms with Crippen LogP contribution in [0.4, 0.5) is 0 Å². The summed E-state index contributed by atoms with van der Waals surface area (Å²) in [5.41, 5.74) is 0. The van der Waals surface area contributed by atoms with Crippen molar-refractivity contribution in [3.05, 3.63) is 0 Å². The molecule has 4 atom stereocenters. The maximum atomic E-state index is 5.98. The molecule has 0 N–H and O–H groups in total. The van der Waals surface area contributed by atoms with E-state index < -0.39 is 0 Å². The molecule has 0 aromatic carbocycles. The van der Waals surface area contributed by atoms with E-state index in [1.165, 1.54) is 234 Å². The second-order valence-corrected chi connectivity index (χ2v) is 22.9. The topological polar surface area (TPSA) is 0 Å². The van der Waals surface area contributed by atoms with Gasteiger partial charge in [-0.2, -0.15) is 0 Å². The van der Waals surface area contributed by atoms with Crippen molar-refractivity contribution in [1.82, 2.24) is 0 Å². The van der Waals surface area contributed by atoms with Gasteiger partial charge >= 0.3 is 0 Å². The van der Waals surface area contributed by atoms with Crippen LogP contribution in [-0.4, -0.2) is 35.1 Å². The monoisotopic (exact) mass is 1220 g/mol. The Bertz CT molecular complexity index is 588. The molecule has 0 saturated carbocycles. The van der Waals surface area contributed by atoms with Crippen molar-refractivity contribution in [2.75, 3.05) is 15.6 Å². The first-order chi connectivity index (χ1) is 27.6. The second-order valence-electron chi connectivity index (χ2n) is 16.2. The Morgan fingerprint density at radius 1 is 0.439 bits per heavy atom. The van der Waals surface area contributed by atoms with Crippen LogP contribution in [0.1, 0.15) is 280 Å². The summed E-state index contributed by atoms with van der Waals surface area (Å²) in [7, 11) is 0. The molecule has 0 bridgehead atoms. The minimum Gasteiger partial charge on any atom is -0.127 e. The minimum absolute atomic E-state index is 0.376. The zero-order valence-corrected chi connectivity index (χ0v) is 49.3. The van der Waals surface area contributed by atoms with Crippen LogP contribution in [0.5, 0.6) is 0 Å². The Labute approximate surface area is 422 Å². The molecule has 0 amide bonds. The third kappa shape index (κ3) is 83.4. The predicted octanol–water partition coefficient (Wildman–Crippen LogP) is 23.0. The van der Waals surface area contributed by atoms with Gasteiger partial charge < -0.3 is 0 Å². The highest BCUT2D eigenvalue weighted by atomic mass is 127. The molecular formula is C50H103Br2Cl3I2. The van der Waals surface area contributed by atoms with Crippen molar-refractivity contribution in [2.45, 2.75) is 299 Å². The number of rotatable bonds is 38. The molecule has 0 nitrogen and oxygen atoms in total. The molecule has 0 rings (SSSR count). The smallest absolute Gasteiger partial charge is 0.0333 e. The van der Waals surface area contributed by atoms with E-state index >= 15 is 0 Å². The molecule has 0 aromatic rings. The van der Waals surface area contributed by atoms with E-state index in [2.05, 4.69) is 126 Å². The van der Waals surface area contributed by atoms with E-state index in [4.69, 9.17) is 34.8 Å². The molecule has 0 aliphatic heterocycles. The van der Waals surface area contributed by atoms with Gasteiger partial charge in [-0.3, -0.25) is 0 Å². The average molecular weight is 1220 g/mol. The normalized spacial score (nSPS) is 12.7. The summed E-state index contributed by atoms with van der Waals surface area (Å²) in [4.78, 5) is 0.758. The number of hydrogen-bond donors (Lipinski definition) is 0. The van der Waals surface area contributed by atoms with E-state index in [1.54, 1.807) is 0 Å². The summed E-state index contributed by atoms with van der Waals surface area (Å²) in [6.45, 7) is 15.5. The van der Waals surface area contributed by atoms with Crippen molar-refractivity contribution in [1.29, 1.82) is 0 Å². The van der Waals surface area contributed by atoms with Gasteiger partial charge in [-0.25, -0.2) is 0 Å². The van der Waals surface area contributed by atoms with Crippen LogP contribution in [-0.2, 0) is 0 Å². The van der Waals surface area contributed by atoms with Gasteiger partial charge in [0.05, 0.1) is 0 Å². The third-order valence-electron chi connectivity index (χ3n) is 10.2. The Hall–Kier alpha value is 3.29. The lowest BCUT2D eigenvalue weighted by molar-refractivity contribution is 0.586. The molecule has 0 heterocycles. The van der Waals surface area contributed by atoms with Gasteiger partial charge in [-0.15, -0.1) is 34.8 Å². The van der Waals surface area contributed by atoms with E-state index in [0.717, 1.165) is 21.1 Å². The highest BCUT2D eigenvalue weighted by Gasteiger charge is 2.01. The van der Waals surface area contributed by atoms with Gasteiger partial charge in [0.25, 0.3) is 0 Å². The van der Waals surface area contributed by atoms with Crippen molar-refractivity contribution in [3.8, 4) is 0 Å². The molecule has 0 aliphatic carbocycles. The van der Waals surface area contributed by atoms with Gasteiger partial charge in [0.1, 0.15) is 0 Å². The first kappa shape index (κ1) is 69.3. The number of hydrogen-bond acceptors (Lipinski definition) is 0. The summed E-state index contributed by atoms with van der Waals surface area (Å²) < 4.78 is 2.26. The quantitative estimate of drug-likeness (QED) is 0.0328. The fourth-order valence-electron chi connectivity index (χ4n) is 6.00. The molecule has 57 heavy (non-hydrogen) atoms. The minimum atomic E-state index is 0.376. The van der Waals surface area contributed by atoms with Crippen molar-refractivity contribution >= 4 is 112 Å². The van der Waals surface area contributed by atoms with Crippen LogP contribution in [0.2, 0.25) is 0 Å². The molecule has 0 aromatic heterocycles. The lowest BCUT2D eigenvalue weighted by Gasteiger charge is -2.05. The Morgan fingerprint density at radius 2 is 0.807 bits per heavy atom. The fraction of sp³-hybridized carbons (Fsp3) is 1.00. The molecule has 7 heteroatoms. The first-order valence-corrected chi connectivity index (χ1v) is 31.1. The summed E-state index contributed by atoms with van der Waals surface area (Å²) in [6, 6.07) is 0. The van der Waals surface area contributed by atoms with Gasteiger partial charge in [-0.05, 0) is 75.6 Å². The molecular weight excluding hydrogens is 1120 g/mol. The zero-order chi connectivity index (χ0) is 43.9. The molecule has 0 spiro atoms.